The highest BCUT2D eigenvalue weighted by atomic mass is 35.5. The fourth-order valence-corrected chi connectivity index (χ4v) is 2.92. The first kappa shape index (κ1) is 25.0. The molecule has 0 fully saturated rings. The number of nitrogens with one attached hydrogen (secondary N) is 3. The molecule has 3 heterocycles. The Morgan fingerprint density at radius 1 is 1.12 bits per heavy atom. The van der Waals surface area contributed by atoms with Crippen molar-refractivity contribution in [3.8, 4) is 11.3 Å². The second-order valence-corrected chi connectivity index (χ2v) is 6.85. The molecule has 32 heavy (non-hydrogen) atoms. The number of alkyl halides is 1. The number of pyridine rings is 1. The third-order valence-corrected chi connectivity index (χ3v) is 4.35. The summed E-state index contributed by atoms with van der Waals surface area (Å²) in [6.07, 6.45) is 5.07. The Hall–Kier alpha value is -3.24. The van der Waals surface area contributed by atoms with Crippen LogP contribution in [0.5, 0.6) is 0 Å². The highest BCUT2D eigenvalue weighted by molar-refractivity contribution is 6.17. The predicted octanol–water partition coefficient (Wildman–Crippen LogP) is 2.15. The maximum Gasteiger partial charge on any atom is 0.274 e. The Labute approximate surface area is 192 Å². The number of amides is 2. The Morgan fingerprint density at radius 3 is 2.62 bits per heavy atom. The minimum absolute atomic E-state index is 0.139. The molecule has 0 bridgehead atoms. The summed E-state index contributed by atoms with van der Waals surface area (Å²) >= 11 is 5.74. The first-order chi connectivity index (χ1) is 15.5. The number of carbonyl (C=O) groups excluding carboxylic acids is 2. The Bertz CT molecular complexity index is 1030. The van der Waals surface area contributed by atoms with Crippen LogP contribution in [0.3, 0.4) is 0 Å². The van der Waals surface area contributed by atoms with Crippen molar-refractivity contribution >= 4 is 29.1 Å². The maximum atomic E-state index is 12.8. The lowest BCUT2D eigenvalue weighted by molar-refractivity contribution is 0.0949. The van der Waals surface area contributed by atoms with Crippen LogP contribution in [0.25, 0.3) is 11.3 Å². The summed E-state index contributed by atoms with van der Waals surface area (Å²) in [4.78, 5) is 29.5. The molecule has 0 aliphatic heterocycles. The lowest BCUT2D eigenvalue weighted by Crippen LogP contribution is -2.31. The molecule has 3 aromatic rings. The first-order valence-corrected chi connectivity index (χ1v) is 10.9. The molecule has 0 aliphatic carbocycles. The number of likely N-dealkylation sites (N-methyl/N-ethyl adjacent to an activating group) is 1. The van der Waals surface area contributed by atoms with Gasteiger partial charge in [-0.3, -0.25) is 19.0 Å². The highest BCUT2D eigenvalue weighted by Crippen LogP contribution is 2.18. The van der Waals surface area contributed by atoms with E-state index in [2.05, 4.69) is 31.1 Å². The molecule has 0 spiro atoms. The SMILES string of the molecule is CC.CNCCNC(=O)c1nn(C)cc1NC(=O)c1cccc(-c2cnn(CCCl)c2)n1. The van der Waals surface area contributed by atoms with Crippen molar-refractivity contribution in [1.82, 2.24) is 35.2 Å². The number of halogens is 1. The molecular formula is C21H29ClN8O2. The molecule has 3 N–H and O–H groups in total. The van der Waals surface area contributed by atoms with Crippen LogP contribution >= 0.6 is 11.6 Å². The van der Waals surface area contributed by atoms with E-state index in [0.29, 0.717) is 36.9 Å². The van der Waals surface area contributed by atoms with Crippen molar-refractivity contribution in [1.29, 1.82) is 0 Å². The molecule has 3 aromatic heterocycles. The van der Waals surface area contributed by atoms with Gasteiger partial charge in [0.05, 0.1) is 24.1 Å². The van der Waals surface area contributed by atoms with E-state index in [1.807, 2.05) is 20.0 Å². The monoisotopic (exact) mass is 460 g/mol. The summed E-state index contributed by atoms with van der Waals surface area (Å²) in [7, 11) is 3.47. The molecule has 0 saturated heterocycles. The molecule has 3 rings (SSSR count). The molecule has 0 aliphatic rings. The van der Waals surface area contributed by atoms with Gasteiger partial charge in [-0.15, -0.1) is 11.6 Å². The van der Waals surface area contributed by atoms with Crippen LogP contribution in [0.2, 0.25) is 0 Å². The van der Waals surface area contributed by atoms with E-state index < -0.39 is 5.91 Å². The standard InChI is InChI=1S/C19H23ClN8O2.C2H6/c1-21-7-8-22-19(30)17-16(12-27(2)26-17)25-18(29)15-5-3-4-14(24-15)13-10-23-28(11-13)9-6-20;1-2/h3-5,10-12,21H,6-9H2,1-2H3,(H,22,30)(H,25,29);1-2H3. The Kier molecular flexibility index (Phi) is 9.83. The fraction of sp³-hybridized carbons (Fsp3) is 0.381. The topological polar surface area (TPSA) is 119 Å². The van der Waals surface area contributed by atoms with E-state index in [0.717, 1.165) is 5.56 Å². The molecule has 0 radical (unpaired) electrons. The third-order valence-electron chi connectivity index (χ3n) is 4.18. The number of anilines is 1. The average Bonchev–Trinajstić information content (AvgIpc) is 3.42. The largest absolute Gasteiger partial charge is 0.349 e. The number of carbonyl (C=O) groups is 2. The zero-order chi connectivity index (χ0) is 23.5. The second kappa shape index (κ2) is 12.6. The second-order valence-electron chi connectivity index (χ2n) is 6.47. The first-order valence-electron chi connectivity index (χ1n) is 10.4. The average molecular weight is 461 g/mol. The van der Waals surface area contributed by atoms with E-state index in [-0.39, 0.29) is 17.3 Å². The summed E-state index contributed by atoms with van der Waals surface area (Å²) in [5, 5.41) is 16.8. The minimum atomic E-state index is -0.442. The smallest absolute Gasteiger partial charge is 0.274 e. The number of rotatable bonds is 9. The zero-order valence-corrected chi connectivity index (χ0v) is 19.5. The van der Waals surface area contributed by atoms with Gasteiger partial charge in [-0.25, -0.2) is 4.98 Å². The van der Waals surface area contributed by atoms with Crippen LogP contribution < -0.4 is 16.0 Å². The van der Waals surface area contributed by atoms with Gasteiger partial charge in [-0.05, 0) is 19.2 Å². The number of hydrogen-bond donors (Lipinski definition) is 3. The lowest BCUT2D eigenvalue weighted by atomic mass is 10.2. The molecule has 0 atom stereocenters. The molecular weight excluding hydrogens is 432 g/mol. The van der Waals surface area contributed by atoms with E-state index in [1.54, 1.807) is 49.4 Å². The van der Waals surface area contributed by atoms with Crippen LogP contribution in [0.15, 0.2) is 36.8 Å². The van der Waals surface area contributed by atoms with Crippen molar-refractivity contribution in [3.05, 3.63) is 48.2 Å². The van der Waals surface area contributed by atoms with Gasteiger partial charge in [-0.2, -0.15) is 10.2 Å². The summed E-state index contributed by atoms with van der Waals surface area (Å²) in [6, 6.07) is 5.14. The number of hydrogen-bond acceptors (Lipinski definition) is 6. The van der Waals surface area contributed by atoms with E-state index in [4.69, 9.17) is 11.6 Å². The molecule has 11 heteroatoms. The predicted molar refractivity (Wildman–Crippen MR) is 125 cm³/mol. The molecule has 10 nitrogen and oxygen atoms in total. The van der Waals surface area contributed by atoms with Crippen LogP contribution in [0, 0.1) is 0 Å². The molecule has 0 unspecified atom stereocenters. The van der Waals surface area contributed by atoms with Gasteiger partial charge in [0.15, 0.2) is 5.69 Å². The van der Waals surface area contributed by atoms with Crippen molar-refractivity contribution in [2.45, 2.75) is 20.4 Å². The summed E-state index contributed by atoms with van der Waals surface area (Å²) in [5.74, 6) is -0.357. The molecule has 0 saturated carbocycles. The van der Waals surface area contributed by atoms with E-state index in [1.165, 1.54) is 4.68 Å². The summed E-state index contributed by atoms with van der Waals surface area (Å²) in [6.45, 7) is 5.65. The van der Waals surface area contributed by atoms with Crippen molar-refractivity contribution in [2.75, 3.05) is 31.3 Å². The number of aryl methyl sites for hydroxylation is 2. The Morgan fingerprint density at radius 2 is 1.91 bits per heavy atom. The van der Waals surface area contributed by atoms with Gasteiger partial charge in [-0.1, -0.05) is 19.9 Å². The lowest BCUT2D eigenvalue weighted by Gasteiger charge is -2.07. The third kappa shape index (κ3) is 6.63. The zero-order valence-electron chi connectivity index (χ0n) is 18.7. The van der Waals surface area contributed by atoms with Gasteiger partial charge >= 0.3 is 0 Å². The molecule has 2 amide bonds. The summed E-state index contributed by atoms with van der Waals surface area (Å²) in [5.41, 5.74) is 2.05. The van der Waals surface area contributed by atoms with Crippen molar-refractivity contribution in [3.63, 3.8) is 0 Å². The maximum absolute atomic E-state index is 12.8. The van der Waals surface area contributed by atoms with Crippen molar-refractivity contribution in [2.24, 2.45) is 7.05 Å². The van der Waals surface area contributed by atoms with Crippen LogP contribution in [-0.4, -0.2) is 62.4 Å². The van der Waals surface area contributed by atoms with Crippen molar-refractivity contribution < 1.29 is 9.59 Å². The van der Waals surface area contributed by atoms with Crippen LogP contribution in [0.4, 0.5) is 5.69 Å². The normalized spacial score (nSPS) is 10.3. The van der Waals surface area contributed by atoms with Crippen LogP contribution in [0.1, 0.15) is 34.8 Å². The van der Waals surface area contributed by atoms with E-state index in [9.17, 15) is 9.59 Å². The van der Waals surface area contributed by atoms with Crippen LogP contribution in [-0.2, 0) is 13.6 Å². The molecule has 0 aromatic carbocycles. The number of aromatic nitrogens is 5. The van der Waals surface area contributed by atoms with Gasteiger partial charge in [0.1, 0.15) is 5.69 Å². The van der Waals surface area contributed by atoms with Gasteiger partial charge in [0.2, 0.25) is 0 Å². The number of nitrogens with zero attached hydrogens (tertiary/aromatic N) is 5. The van der Waals surface area contributed by atoms with Gasteiger partial charge in [0.25, 0.3) is 11.8 Å². The van der Waals surface area contributed by atoms with E-state index >= 15 is 0 Å². The minimum Gasteiger partial charge on any atom is -0.349 e. The quantitative estimate of drug-likeness (QED) is 0.332. The Balaban J connectivity index is 0.00000176. The molecule has 172 valence electrons. The van der Waals surface area contributed by atoms with Gasteiger partial charge in [0, 0.05) is 44.0 Å². The van der Waals surface area contributed by atoms with Gasteiger partial charge < -0.3 is 16.0 Å². The summed E-state index contributed by atoms with van der Waals surface area (Å²) < 4.78 is 3.18. The fourth-order valence-electron chi connectivity index (χ4n) is 2.75. The highest BCUT2D eigenvalue weighted by Gasteiger charge is 2.19.